The second-order valence-corrected chi connectivity index (χ2v) is 4.55. The third-order valence-corrected chi connectivity index (χ3v) is 3.31. The molecule has 0 radical (unpaired) electrons. The molecule has 1 unspecified atom stereocenters. The number of aliphatic hydroxyl groups is 1. The van der Waals surface area contributed by atoms with Crippen LogP contribution in [0.1, 0.15) is 38.6 Å². The molecule has 1 atom stereocenters. The highest BCUT2D eigenvalue weighted by Gasteiger charge is 2.14. The van der Waals surface area contributed by atoms with E-state index >= 15 is 0 Å². The van der Waals surface area contributed by atoms with Crippen LogP contribution in [-0.2, 0) is 19.5 Å². The van der Waals surface area contributed by atoms with E-state index in [2.05, 4.69) is 31.2 Å². The minimum absolute atomic E-state index is 0.204. The summed E-state index contributed by atoms with van der Waals surface area (Å²) in [5.74, 6) is 0. The van der Waals surface area contributed by atoms with Crippen molar-refractivity contribution in [2.75, 3.05) is 6.61 Å². The molecule has 5 heteroatoms. The van der Waals surface area contributed by atoms with Crippen molar-refractivity contribution in [1.82, 2.24) is 15.1 Å². The summed E-state index contributed by atoms with van der Waals surface area (Å²) in [5, 5.41) is 17.4. The van der Waals surface area contributed by atoms with Crippen LogP contribution in [0.25, 0.3) is 0 Å². The monoisotopic (exact) mass is 259 g/mol. The van der Waals surface area contributed by atoms with Crippen LogP contribution in [0.5, 0.6) is 0 Å². The molecule has 1 aromatic heterocycles. The smallest absolute Gasteiger partial charge is 0.0863 e. The largest absolute Gasteiger partial charge is 0.396 e. The standard InChI is InChI=1S/C12H22ClN3O/c1-4-10-12(13)11(16(5-2)15-10)8-14-9(3)6-7-17/h9,14,17H,4-8H2,1-3H3. The molecule has 0 aliphatic carbocycles. The van der Waals surface area contributed by atoms with Crippen LogP contribution in [0.3, 0.4) is 0 Å². The molecule has 4 nitrogen and oxygen atoms in total. The molecule has 1 aromatic rings. The Morgan fingerprint density at radius 1 is 1.47 bits per heavy atom. The zero-order valence-corrected chi connectivity index (χ0v) is 11.6. The molecule has 0 spiro atoms. The van der Waals surface area contributed by atoms with Gasteiger partial charge in [-0.2, -0.15) is 5.10 Å². The summed E-state index contributed by atoms with van der Waals surface area (Å²) in [7, 11) is 0. The highest BCUT2D eigenvalue weighted by atomic mass is 35.5. The summed E-state index contributed by atoms with van der Waals surface area (Å²) in [6.45, 7) is 7.89. The molecule has 17 heavy (non-hydrogen) atoms. The fourth-order valence-electron chi connectivity index (χ4n) is 1.75. The Morgan fingerprint density at radius 3 is 2.71 bits per heavy atom. The average molecular weight is 260 g/mol. The zero-order valence-electron chi connectivity index (χ0n) is 10.8. The Morgan fingerprint density at radius 2 is 2.18 bits per heavy atom. The van der Waals surface area contributed by atoms with E-state index in [-0.39, 0.29) is 12.6 Å². The van der Waals surface area contributed by atoms with Gasteiger partial charge in [-0.1, -0.05) is 18.5 Å². The number of hydrogen-bond donors (Lipinski definition) is 2. The predicted molar refractivity (Wildman–Crippen MR) is 70.3 cm³/mol. The van der Waals surface area contributed by atoms with Crippen molar-refractivity contribution >= 4 is 11.6 Å². The van der Waals surface area contributed by atoms with E-state index in [1.807, 2.05) is 4.68 Å². The summed E-state index contributed by atoms with van der Waals surface area (Å²) in [6, 6.07) is 0.279. The van der Waals surface area contributed by atoms with E-state index in [9.17, 15) is 0 Å². The van der Waals surface area contributed by atoms with Gasteiger partial charge < -0.3 is 10.4 Å². The van der Waals surface area contributed by atoms with Gasteiger partial charge in [0.25, 0.3) is 0 Å². The van der Waals surface area contributed by atoms with Crippen LogP contribution >= 0.6 is 11.6 Å². The predicted octanol–water partition coefficient (Wildman–Crippen LogP) is 1.98. The minimum atomic E-state index is 0.204. The maximum absolute atomic E-state index is 8.85. The van der Waals surface area contributed by atoms with Gasteiger partial charge in [0.05, 0.1) is 16.4 Å². The van der Waals surface area contributed by atoms with Gasteiger partial charge in [-0.3, -0.25) is 4.68 Å². The van der Waals surface area contributed by atoms with Gasteiger partial charge in [-0.05, 0) is 26.7 Å². The van der Waals surface area contributed by atoms with Gasteiger partial charge in [-0.25, -0.2) is 0 Å². The molecule has 0 amide bonds. The summed E-state index contributed by atoms with van der Waals surface area (Å²) in [4.78, 5) is 0. The van der Waals surface area contributed by atoms with E-state index in [0.29, 0.717) is 6.54 Å². The van der Waals surface area contributed by atoms with Crippen LogP contribution in [-0.4, -0.2) is 27.5 Å². The molecule has 0 fully saturated rings. The Balaban J connectivity index is 2.72. The second kappa shape index (κ2) is 6.99. The van der Waals surface area contributed by atoms with Crippen LogP contribution < -0.4 is 5.32 Å². The Labute approximate surface area is 108 Å². The molecule has 1 rings (SSSR count). The van der Waals surface area contributed by atoms with Crippen LogP contribution in [0.15, 0.2) is 0 Å². The molecule has 0 aliphatic heterocycles. The minimum Gasteiger partial charge on any atom is -0.396 e. The molecule has 0 saturated carbocycles. The summed E-state index contributed by atoms with van der Waals surface area (Å²) < 4.78 is 1.94. The lowest BCUT2D eigenvalue weighted by Gasteiger charge is -2.13. The van der Waals surface area contributed by atoms with Crippen LogP contribution in [0, 0.1) is 0 Å². The maximum atomic E-state index is 8.85. The fourth-order valence-corrected chi connectivity index (χ4v) is 2.09. The van der Waals surface area contributed by atoms with Crippen LogP contribution in [0.2, 0.25) is 5.02 Å². The van der Waals surface area contributed by atoms with Gasteiger partial charge in [0.15, 0.2) is 0 Å². The molecular weight excluding hydrogens is 238 g/mol. The Hall–Kier alpha value is -0.580. The van der Waals surface area contributed by atoms with Crippen molar-refractivity contribution in [3.63, 3.8) is 0 Å². The van der Waals surface area contributed by atoms with Gasteiger partial charge in [0, 0.05) is 25.7 Å². The molecule has 1 heterocycles. The van der Waals surface area contributed by atoms with Gasteiger partial charge in [-0.15, -0.1) is 0 Å². The topological polar surface area (TPSA) is 50.1 Å². The normalized spacial score (nSPS) is 13.0. The summed E-state index contributed by atoms with van der Waals surface area (Å²) in [6.07, 6.45) is 1.60. The first-order valence-corrected chi connectivity index (χ1v) is 6.60. The maximum Gasteiger partial charge on any atom is 0.0863 e. The third-order valence-electron chi connectivity index (χ3n) is 2.87. The lowest BCUT2D eigenvalue weighted by atomic mass is 10.2. The van der Waals surface area contributed by atoms with Crippen molar-refractivity contribution in [3.8, 4) is 0 Å². The highest BCUT2D eigenvalue weighted by Crippen LogP contribution is 2.21. The number of nitrogens with one attached hydrogen (secondary N) is 1. The quantitative estimate of drug-likeness (QED) is 0.787. The summed E-state index contributed by atoms with van der Waals surface area (Å²) >= 11 is 6.30. The number of rotatable bonds is 7. The molecule has 0 bridgehead atoms. The van der Waals surface area contributed by atoms with Crippen LogP contribution in [0.4, 0.5) is 0 Å². The number of aliphatic hydroxyl groups excluding tert-OH is 1. The number of aryl methyl sites for hydroxylation is 2. The van der Waals surface area contributed by atoms with E-state index in [4.69, 9.17) is 16.7 Å². The first-order chi connectivity index (χ1) is 8.13. The van der Waals surface area contributed by atoms with Gasteiger partial charge >= 0.3 is 0 Å². The molecule has 98 valence electrons. The van der Waals surface area contributed by atoms with Crippen molar-refractivity contribution in [1.29, 1.82) is 0 Å². The lowest BCUT2D eigenvalue weighted by molar-refractivity contribution is 0.268. The second-order valence-electron chi connectivity index (χ2n) is 4.17. The van der Waals surface area contributed by atoms with E-state index in [1.54, 1.807) is 0 Å². The zero-order chi connectivity index (χ0) is 12.8. The number of hydrogen-bond acceptors (Lipinski definition) is 3. The van der Waals surface area contributed by atoms with E-state index in [0.717, 1.165) is 35.8 Å². The van der Waals surface area contributed by atoms with Crippen molar-refractivity contribution in [2.24, 2.45) is 0 Å². The van der Waals surface area contributed by atoms with E-state index in [1.165, 1.54) is 0 Å². The Bertz CT molecular complexity index is 352. The number of aromatic nitrogens is 2. The average Bonchev–Trinajstić information content (AvgIpc) is 2.63. The number of halogens is 1. The fraction of sp³-hybridized carbons (Fsp3) is 0.750. The SMILES string of the molecule is CCc1nn(CC)c(CNC(C)CCO)c1Cl. The van der Waals surface area contributed by atoms with Crippen molar-refractivity contribution in [2.45, 2.75) is 52.7 Å². The summed E-state index contributed by atoms with van der Waals surface area (Å²) in [5.41, 5.74) is 2.00. The molecule has 0 saturated heterocycles. The van der Waals surface area contributed by atoms with Gasteiger partial charge in [0.2, 0.25) is 0 Å². The molecule has 2 N–H and O–H groups in total. The third kappa shape index (κ3) is 3.69. The lowest BCUT2D eigenvalue weighted by Crippen LogP contribution is -2.27. The highest BCUT2D eigenvalue weighted by molar-refractivity contribution is 6.31. The van der Waals surface area contributed by atoms with Crippen molar-refractivity contribution < 1.29 is 5.11 Å². The molecule has 0 aliphatic rings. The van der Waals surface area contributed by atoms with Gasteiger partial charge in [0.1, 0.15) is 0 Å². The molecule has 0 aromatic carbocycles. The molecular formula is C12H22ClN3O. The number of nitrogens with zero attached hydrogens (tertiary/aromatic N) is 2. The van der Waals surface area contributed by atoms with E-state index < -0.39 is 0 Å². The Kier molecular flexibility index (Phi) is 5.95. The van der Waals surface area contributed by atoms with Crippen molar-refractivity contribution in [3.05, 3.63) is 16.4 Å². The first-order valence-electron chi connectivity index (χ1n) is 6.22. The first kappa shape index (κ1) is 14.5.